The fourth-order valence-corrected chi connectivity index (χ4v) is 12.1. The molecule has 2 aliphatic carbocycles. The molecule has 0 saturated heterocycles. The average Bonchev–Trinajstić information content (AvgIpc) is 3.83. The van der Waals surface area contributed by atoms with Gasteiger partial charge in [0.05, 0.1) is 18.9 Å². The molecule has 12 heteroatoms. The van der Waals surface area contributed by atoms with Crippen molar-refractivity contribution in [3.05, 3.63) is 212 Å². The fraction of sp³-hybridized carbons (Fsp3) is 0.158. The molecule has 0 aromatic heterocycles. The van der Waals surface area contributed by atoms with Gasteiger partial charge in [0.2, 0.25) is 0 Å². The first-order chi connectivity index (χ1) is 33.3. The van der Waals surface area contributed by atoms with Crippen molar-refractivity contribution in [1.29, 1.82) is 0 Å². The van der Waals surface area contributed by atoms with Crippen molar-refractivity contribution in [3.8, 4) is 69.0 Å². The van der Waals surface area contributed by atoms with E-state index in [9.17, 15) is 46.0 Å². The minimum absolute atomic E-state index is 0.00510. The Labute approximate surface area is 395 Å². The molecule has 12 nitrogen and oxygen atoms in total. The number of benzene rings is 8. The molecule has 12 rings (SSSR count). The third kappa shape index (κ3) is 6.50. The quantitative estimate of drug-likeness (QED) is 0.0763. The van der Waals surface area contributed by atoms with E-state index in [1.807, 2.05) is 24.3 Å². The van der Waals surface area contributed by atoms with E-state index in [2.05, 4.69) is 0 Å². The summed E-state index contributed by atoms with van der Waals surface area (Å²) in [7, 11) is 1.57. The molecule has 0 unspecified atom stereocenters. The highest BCUT2D eigenvalue weighted by molar-refractivity contribution is 5.71. The van der Waals surface area contributed by atoms with E-state index in [4.69, 9.17) is 14.2 Å². The standard InChI is InChI=1S/C57H44O12/c1-67-37-16-8-27(9-17-37)47-49-39(19-34(62)23-43(49)66)55-51-41(21-36(64)25-45(51)69-57(55)29-6-14-32(60)15-7-29)53(47)52-40-20-35(63)24-44-50(40)54(56(68-44)28-4-12-31(59)13-5-28)38-18-33(61)22-42(65)48(38)46(52)26-2-10-30(58)11-3-26/h2-25,46-47,52-66H,1H3/t46-,47-,52-,53-,54+,55+,56-,57-/m0/s1. The van der Waals surface area contributed by atoms with Gasteiger partial charge in [-0.2, -0.15) is 0 Å². The van der Waals surface area contributed by atoms with Crippen LogP contribution in [0.1, 0.15) is 114 Å². The average molecular weight is 921 g/mol. The van der Waals surface area contributed by atoms with Gasteiger partial charge in [-0.25, -0.2) is 0 Å². The van der Waals surface area contributed by atoms with Gasteiger partial charge in [-0.15, -0.1) is 0 Å². The molecule has 0 bridgehead atoms. The van der Waals surface area contributed by atoms with Crippen LogP contribution < -0.4 is 14.2 Å². The number of aromatic hydroxyl groups is 9. The number of fused-ring (bicyclic) bond motifs is 4. The Morgan fingerprint density at radius 2 is 0.667 bits per heavy atom. The molecule has 8 atom stereocenters. The van der Waals surface area contributed by atoms with Gasteiger partial charge in [-0.05, 0) is 117 Å². The summed E-state index contributed by atoms with van der Waals surface area (Å²) in [5.41, 5.74) is 7.13. The number of ether oxygens (including phenoxy) is 3. The lowest BCUT2D eigenvalue weighted by atomic mass is 9.62. The summed E-state index contributed by atoms with van der Waals surface area (Å²) in [4.78, 5) is 0. The zero-order valence-electron chi connectivity index (χ0n) is 36.7. The van der Waals surface area contributed by atoms with Crippen molar-refractivity contribution < 1.29 is 60.2 Å². The maximum Gasteiger partial charge on any atom is 0.135 e. The van der Waals surface area contributed by atoms with Gasteiger partial charge in [-0.3, -0.25) is 0 Å². The highest BCUT2D eigenvalue weighted by atomic mass is 16.5. The Balaban J connectivity index is 1.25. The van der Waals surface area contributed by atoms with Crippen LogP contribution in [0, 0.1) is 0 Å². The maximum absolute atomic E-state index is 12.6. The summed E-state index contributed by atoms with van der Waals surface area (Å²) in [5, 5.41) is 104. The highest BCUT2D eigenvalue weighted by Crippen LogP contribution is 2.69. The largest absolute Gasteiger partial charge is 0.508 e. The first-order valence-electron chi connectivity index (χ1n) is 22.5. The summed E-state index contributed by atoms with van der Waals surface area (Å²) in [6.07, 6.45) is -1.59. The van der Waals surface area contributed by atoms with E-state index in [-0.39, 0.29) is 51.7 Å². The molecule has 0 saturated carbocycles. The van der Waals surface area contributed by atoms with Crippen molar-refractivity contribution >= 4 is 0 Å². The lowest BCUT2D eigenvalue weighted by Crippen LogP contribution is -2.26. The van der Waals surface area contributed by atoms with Crippen LogP contribution in [0.4, 0.5) is 0 Å². The van der Waals surface area contributed by atoms with E-state index in [0.717, 1.165) is 0 Å². The first-order valence-corrected chi connectivity index (χ1v) is 22.5. The molecular formula is C57H44O12. The fourth-order valence-electron chi connectivity index (χ4n) is 12.1. The van der Waals surface area contributed by atoms with E-state index in [0.29, 0.717) is 84.0 Å². The molecule has 0 radical (unpaired) electrons. The van der Waals surface area contributed by atoms with E-state index in [1.54, 1.807) is 116 Å². The van der Waals surface area contributed by atoms with E-state index in [1.165, 1.54) is 12.1 Å². The number of methoxy groups -OCH3 is 1. The molecule has 9 N–H and O–H groups in total. The Bertz CT molecular complexity index is 3350. The summed E-state index contributed by atoms with van der Waals surface area (Å²) in [6, 6.07) is 39.7. The highest BCUT2D eigenvalue weighted by Gasteiger charge is 2.55. The van der Waals surface area contributed by atoms with Crippen LogP contribution in [0.25, 0.3) is 0 Å². The molecule has 0 amide bonds. The molecule has 8 aromatic rings. The van der Waals surface area contributed by atoms with Crippen LogP contribution in [-0.2, 0) is 0 Å². The molecule has 0 spiro atoms. The lowest BCUT2D eigenvalue weighted by molar-refractivity contribution is 0.221. The molecule has 4 aliphatic rings. The van der Waals surface area contributed by atoms with Crippen molar-refractivity contribution in [1.82, 2.24) is 0 Å². The summed E-state index contributed by atoms with van der Waals surface area (Å²) < 4.78 is 19.4. The number of phenolic OH excluding ortho intramolecular Hbond substituents is 9. The number of rotatable bonds is 6. The van der Waals surface area contributed by atoms with Crippen LogP contribution >= 0.6 is 0 Å². The first kappa shape index (κ1) is 41.8. The van der Waals surface area contributed by atoms with Crippen LogP contribution in [0.5, 0.6) is 69.0 Å². The van der Waals surface area contributed by atoms with Crippen LogP contribution in [-0.4, -0.2) is 53.1 Å². The Morgan fingerprint density at radius 1 is 0.333 bits per heavy atom. The van der Waals surface area contributed by atoms with Crippen LogP contribution in [0.15, 0.2) is 146 Å². The van der Waals surface area contributed by atoms with Crippen molar-refractivity contribution in [2.24, 2.45) is 0 Å². The minimum Gasteiger partial charge on any atom is -0.508 e. The van der Waals surface area contributed by atoms with Gasteiger partial charge in [0.1, 0.15) is 81.2 Å². The van der Waals surface area contributed by atoms with Crippen LogP contribution in [0.3, 0.4) is 0 Å². The third-order valence-electron chi connectivity index (χ3n) is 14.7. The number of phenols is 9. The summed E-state index contributed by atoms with van der Waals surface area (Å²) in [5.74, 6) is -4.71. The molecule has 8 aromatic carbocycles. The summed E-state index contributed by atoms with van der Waals surface area (Å²) >= 11 is 0. The van der Waals surface area contributed by atoms with Crippen molar-refractivity contribution in [2.75, 3.05) is 7.11 Å². The van der Waals surface area contributed by atoms with Gasteiger partial charge < -0.3 is 60.2 Å². The molecule has 2 aliphatic heterocycles. The molecule has 0 fully saturated rings. The van der Waals surface area contributed by atoms with Gasteiger partial charge in [0, 0.05) is 70.2 Å². The molecular weight excluding hydrogens is 877 g/mol. The predicted molar refractivity (Wildman–Crippen MR) is 253 cm³/mol. The molecule has 344 valence electrons. The minimum atomic E-state index is -0.887. The lowest BCUT2D eigenvalue weighted by Gasteiger charge is -2.40. The maximum atomic E-state index is 12.6. The Hall–Kier alpha value is -8.64. The Kier molecular flexibility index (Phi) is 9.36. The van der Waals surface area contributed by atoms with Crippen molar-refractivity contribution in [3.63, 3.8) is 0 Å². The summed E-state index contributed by atoms with van der Waals surface area (Å²) in [6.45, 7) is 0. The smallest absolute Gasteiger partial charge is 0.135 e. The van der Waals surface area contributed by atoms with Gasteiger partial charge in [0.25, 0.3) is 0 Å². The third-order valence-corrected chi connectivity index (χ3v) is 14.7. The van der Waals surface area contributed by atoms with E-state index < -0.39 is 47.7 Å². The van der Waals surface area contributed by atoms with Gasteiger partial charge >= 0.3 is 0 Å². The zero-order chi connectivity index (χ0) is 47.6. The number of hydrogen-bond acceptors (Lipinski definition) is 12. The molecule has 2 heterocycles. The van der Waals surface area contributed by atoms with Gasteiger partial charge in [0.15, 0.2) is 0 Å². The van der Waals surface area contributed by atoms with Crippen molar-refractivity contribution in [2.45, 2.75) is 47.7 Å². The zero-order valence-corrected chi connectivity index (χ0v) is 36.7. The molecule has 69 heavy (non-hydrogen) atoms. The SMILES string of the molecule is COc1ccc([C@H]2c3c(O)cc(O)cc3[C@@H]3c4c(cc(O)cc4[C@@H]2[C@H]2c4cc(O)cc5c4[C@@H](c4cc(O)cc(O)c4[C@@H]2c2ccc(O)cc2)[C@H](c2ccc(O)cc2)O5)O[C@H]3c2ccc(O)cc2)cc1. The number of hydrogen-bond donors (Lipinski definition) is 9. The monoisotopic (exact) mass is 920 g/mol. The second kappa shape index (κ2) is 15.5. The van der Waals surface area contributed by atoms with E-state index >= 15 is 0 Å². The normalized spacial score (nSPS) is 22.4. The second-order valence-corrected chi connectivity index (χ2v) is 18.4. The Morgan fingerprint density at radius 3 is 1.04 bits per heavy atom. The predicted octanol–water partition coefficient (Wildman–Crippen LogP) is 10.7. The van der Waals surface area contributed by atoms with Gasteiger partial charge in [-0.1, -0.05) is 48.5 Å². The van der Waals surface area contributed by atoms with Crippen LogP contribution in [0.2, 0.25) is 0 Å². The second-order valence-electron chi connectivity index (χ2n) is 18.4. The topological polar surface area (TPSA) is 210 Å².